The molecular weight excluding hydrogens is 188 g/mol. The van der Waals surface area contributed by atoms with E-state index >= 15 is 0 Å². The highest BCUT2D eigenvalue weighted by atomic mass is 16.5. The molecule has 1 aromatic rings. The summed E-state index contributed by atoms with van der Waals surface area (Å²) >= 11 is 0. The molecule has 1 aliphatic heterocycles. The Labute approximate surface area is 89.7 Å². The van der Waals surface area contributed by atoms with Crippen LogP contribution in [0.3, 0.4) is 0 Å². The molecule has 0 bridgehead atoms. The monoisotopic (exact) mass is 202 g/mol. The van der Waals surface area contributed by atoms with Crippen molar-refractivity contribution in [1.82, 2.24) is 4.98 Å². The standard InChI is InChI=1S/C12H14N2O/c1-11(2,7-13)12(8-15-9-12)10-3-5-14-6-4-10/h3-6H,8-9H2,1-2H3. The smallest absolute Gasteiger partial charge is 0.0695 e. The Bertz CT molecular complexity index is 388. The second kappa shape index (κ2) is 3.32. The maximum Gasteiger partial charge on any atom is 0.0695 e. The molecule has 15 heavy (non-hydrogen) atoms. The van der Waals surface area contributed by atoms with Gasteiger partial charge in [0, 0.05) is 12.4 Å². The van der Waals surface area contributed by atoms with E-state index in [-0.39, 0.29) is 5.41 Å². The van der Waals surface area contributed by atoms with Crippen LogP contribution in [0.15, 0.2) is 24.5 Å². The van der Waals surface area contributed by atoms with Gasteiger partial charge in [-0.2, -0.15) is 5.26 Å². The second-order valence-electron chi connectivity index (χ2n) is 4.55. The van der Waals surface area contributed by atoms with Crippen molar-refractivity contribution in [2.45, 2.75) is 19.3 Å². The zero-order valence-corrected chi connectivity index (χ0v) is 9.03. The Balaban J connectivity index is 2.44. The van der Waals surface area contributed by atoms with Crippen LogP contribution >= 0.6 is 0 Å². The number of hydrogen-bond acceptors (Lipinski definition) is 3. The first kappa shape index (κ1) is 10.1. The third-order valence-corrected chi connectivity index (χ3v) is 3.41. The van der Waals surface area contributed by atoms with Crippen molar-refractivity contribution in [3.8, 4) is 6.07 Å². The SMILES string of the molecule is CC(C)(C#N)C1(c2ccncc2)COC1. The molecule has 0 saturated carbocycles. The molecule has 0 N–H and O–H groups in total. The largest absolute Gasteiger partial charge is 0.379 e. The van der Waals surface area contributed by atoms with Gasteiger partial charge in [0.15, 0.2) is 0 Å². The van der Waals surface area contributed by atoms with E-state index in [1.165, 1.54) is 0 Å². The van der Waals surface area contributed by atoms with Gasteiger partial charge in [0.05, 0.1) is 30.1 Å². The van der Waals surface area contributed by atoms with Crippen LogP contribution < -0.4 is 0 Å². The summed E-state index contributed by atoms with van der Waals surface area (Å²) in [5.41, 5.74) is 0.576. The van der Waals surface area contributed by atoms with E-state index in [9.17, 15) is 5.26 Å². The van der Waals surface area contributed by atoms with E-state index in [1.54, 1.807) is 12.4 Å². The zero-order valence-electron chi connectivity index (χ0n) is 9.03. The van der Waals surface area contributed by atoms with Gasteiger partial charge in [-0.25, -0.2) is 0 Å². The van der Waals surface area contributed by atoms with Crippen molar-refractivity contribution in [1.29, 1.82) is 5.26 Å². The molecule has 1 fully saturated rings. The molecule has 0 aromatic carbocycles. The van der Waals surface area contributed by atoms with Crippen LogP contribution in [-0.2, 0) is 10.2 Å². The molecule has 2 rings (SSSR count). The fraction of sp³-hybridized carbons (Fsp3) is 0.500. The molecular formula is C12H14N2O. The van der Waals surface area contributed by atoms with E-state index in [2.05, 4.69) is 11.1 Å². The fourth-order valence-electron chi connectivity index (χ4n) is 1.97. The maximum atomic E-state index is 9.23. The lowest BCUT2D eigenvalue weighted by Crippen LogP contribution is -2.56. The topological polar surface area (TPSA) is 45.9 Å². The summed E-state index contributed by atoms with van der Waals surface area (Å²) < 4.78 is 5.31. The van der Waals surface area contributed by atoms with Crippen LogP contribution in [0.1, 0.15) is 19.4 Å². The van der Waals surface area contributed by atoms with Crippen LogP contribution in [0.4, 0.5) is 0 Å². The number of aromatic nitrogens is 1. The minimum Gasteiger partial charge on any atom is -0.379 e. The molecule has 3 heteroatoms. The third-order valence-electron chi connectivity index (χ3n) is 3.41. The first-order valence-electron chi connectivity index (χ1n) is 5.02. The summed E-state index contributed by atoms with van der Waals surface area (Å²) in [5.74, 6) is 0. The molecule has 0 radical (unpaired) electrons. The van der Waals surface area contributed by atoms with E-state index in [4.69, 9.17) is 4.74 Å². The van der Waals surface area contributed by atoms with Gasteiger partial charge in [0.25, 0.3) is 0 Å². The summed E-state index contributed by atoms with van der Waals surface area (Å²) in [6.45, 7) is 5.18. The van der Waals surface area contributed by atoms with Crippen molar-refractivity contribution in [3.63, 3.8) is 0 Å². The lowest BCUT2D eigenvalue weighted by atomic mass is 9.61. The molecule has 1 saturated heterocycles. The van der Waals surface area contributed by atoms with Gasteiger partial charge in [-0.15, -0.1) is 0 Å². The number of hydrogen-bond donors (Lipinski definition) is 0. The molecule has 0 spiro atoms. The molecule has 2 heterocycles. The van der Waals surface area contributed by atoms with E-state index in [0.717, 1.165) is 5.56 Å². The predicted octanol–water partition coefficient (Wildman–Crippen LogP) is 1.90. The van der Waals surface area contributed by atoms with Crippen molar-refractivity contribution in [3.05, 3.63) is 30.1 Å². The quantitative estimate of drug-likeness (QED) is 0.735. The van der Waals surface area contributed by atoms with Crippen LogP contribution in [-0.4, -0.2) is 18.2 Å². The van der Waals surface area contributed by atoms with Gasteiger partial charge in [-0.3, -0.25) is 4.98 Å². The highest BCUT2D eigenvalue weighted by Crippen LogP contribution is 2.46. The van der Waals surface area contributed by atoms with Gasteiger partial charge in [-0.05, 0) is 31.5 Å². The fourth-order valence-corrected chi connectivity index (χ4v) is 1.97. The van der Waals surface area contributed by atoms with Crippen molar-refractivity contribution >= 4 is 0 Å². The second-order valence-corrected chi connectivity index (χ2v) is 4.55. The Kier molecular flexibility index (Phi) is 2.24. The highest BCUT2D eigenvalue weighted by Gasteiger charge is 2.52. The Hall–Kier alpha value is -1.40. The van der Waals surface area contributed by atoms with Crippen molar-refractivity contribution < 1.29 is 4.74 Å². The van der Waals surface area contributed by atoms with Gasteiger partial charge in [-0.1, -0.05) is 0 Å². The van der Waals surface area contributed by atoms with E-state index in [0.29, 0.717) is 13.2 Å². The zero-order chi connectivity index (χ0) is 10.9. The highest BCUT2D eigenvalue weighted by molar-refractivity contribution is 5.32. The maximum absolute atomic E-state index is 9.23. The van der Waals surface area contributed by atoms with Gasteiger partial charge < -0.3 is 4.74 Å². The molecule has 0 atom stereocenters. The summed E-state index contributed by atoms with van der Waals surface area (Å²) in [5, 5.41) is 9.23. The van der Waals surface area contributed by atoms with Gasteiger partial charge in [0.1, 0.15) is 0 Å². The number of ether oxygens (including phenoxy) is 1. The average Bonchev–Trinajstić information content (AvgIpc) is 2.17. The molecule has 0 aliphatic carbocycles. The summed E-state index contributed by atoms with van der Waals surface area (Å²) in [7, 11) is 0. The molecule has 3 nitrogen and oxygen atoms in total. The van der Waals surface area contributed by atoms with E-state index < -0.39 is 5.41 Å². The Morgan fingerprint density at radius 1 is 1.40 bits per heavy atom. The first-order chi connectivity index (χ1) is 7.12. The first-order valence-corrected chi connectivity index (χ1v) is 5.02. The molecule has 1 aliphatic rings. The van der Waals surface area contributed by atoms with Crippen LogP contribution in [0.5, 0.6) is 0 Å². The summed E-state index contributed by atoms with van der Waals surface area (Å²) in [4.78, 5) is 4.00. The Morgan fingerprint density at radius 2 is 2.00 bits per heavy atom. The molecule has 0 unspecified atom stereocenters. The number of nitrogens with zero attached hydrogens (tertiary/aromatic N) is 2. The Morgan fingerprint density at radius 3 is 2.40 bits per heavy atom. The lowest BCUT2D eigenvalue weighted by molar-refractivity contribution is -0.102. The van der Waals surface area contributed by atoms with Crippen LogP contribution in [0, 0.1) is 16.7 Å². The normalized spacial score (nSPS) is 19.0. The third kappa shape index (κ3) is 1.33. The lowest BCUT2D eigenvalue weighted by Gasteiger charge is -2.49. The predicted molar refractivity (Wildman–Crippen MR) is 56.1 cm³/mol. The number of rotatable bonds is 2. The van der Waals surface area contributed by atoms with E-state index in [1.807, 2.05) is 26.0 Å². The van der Waals surface area contributed by atoms with Crippen molar-refractivity contribution in [2.75, 3.05) is 13.2 Å². The summed E-state index contributed by atoms with van der Waals surface area (Å²) in [6, 6.07) is 6.33. The van der Waals surface area contributed by atoms with Crippen molar-refractivity contribution in [2.24, 2.45) is 5.41 Å². The summed E-state index contributed by atoms with van der Waals surface area (Å²) in [6.07, 6.45) is 3.53. The van der Waals surface area contributed by atoms with Crippen LogP contribution in [0.2, 0.25) is 0 Å². The molecule has 1 aromatic heterocycles. The van der Waals surface area contributed by atoms with Gasteiger partial charge in [0.2, 0.25) is 0 Å². The average molecular weight is 202 g/mol. The number of pyridine rings is 1. The molecule has 0 amide bonds. The molecule has 78 valence electrons. The van der Waals surface area contributed by atoms with Crippen LogP contribution in [0.25, 0.3) is 0 Å². The number of nitriles is 1. The van der Waals surface area contributed by atoms with Gasteiger partial charge >= 0.3 is 0 Å². The minimum atomic E-state index is -0.410. The minimum absolute atomic E-state index is 0.162.